The van der Waals surface area contributed by atoms with Crippen LogP contribution in [0.15, 0.2) is 0 Å². The zero-order valence-corrected chi connectivity index (χ0v) is 9.97. The molecule has 0 spiro atoms. The summed E-state index contributed by atoms with van der Waals surface area (Å²) in [6.45, 7) is 2.18. The van der Waals surface area contributed by atoms with Gasteiger partial charge in [-0.1, -0.05) is 6.92 Å². The minimum atomic E-state index is -0.827. The molecule has 6 heteroatoms. The van der Waals surface area contributed by atoms with Gasteiger partial charge < -0.3 is 33.1 Å². The zero-order chi connectivity index (χ0) is 12.8. The maximum absolute atomic E-state index is 9.55. The molecule has 3 atom stereocenters. The highest BCUT2D eigenvalue weighted by molar-refractivity contribution is 4.97. The van der Waals surface area contributed by atoms with E-state index in [0.29, 0.717) is 6.42 Å². The van der Waals surface area contributed by atoms with E-state index in [-0.39, 0.29) is 32.0 Å². The van der Waals surface area contributed by atoms with Gasteiger partial charge in [0.25, 0.3) is 0 Å². The highest BCUT2D eigenvalue weighted by Gasteiger charge is 2.35. The predicted octanol–water partition coefficient (Wildman–Crippen LogP) is -2.16. The number of aliphatic hydroxyl groups is 2. The Kier molecular flexibility index (Phi) is 7.05. The second kappa shape index (κ2) is 7.16. The quantitative estimate of drug-likeness (QED) is 0.282. The molecule has 10 N–H and O–H groups in total. The molecule has 0 aliphatic carbocycles. The fraction of sp³-hybridized carbons (Fsp3) is 1.00. The summed E-state index contributed by atoms with van der Waals surface area (Å²) < 4.78 is 0. The van der Waals surface area contributed by atoms with E-state index in [2.05, 4.69) is 0 Å². The second-order valence-electron chi connectivity index (χ2n) is 4.44. The average Bonchev–Trinajstić information content (AvgIpc) is 2.27. The monoisotopic (exact) mass is 234 g/mol. The first kappa shape index (κ1) is 15.8. The van der Waals surface area contributed by atoms with E-state index in [0.717, 1.165) is 0 Å². The van der Waals surface area contributed by atoms with Crippen LogP contribution in [0.2, 0.25) is 0 Å². The van der Waals surface area contributed by atoms with E-state index in [9.17, 15) is 10.2 Å². The van der Waals surface area contributed by atoms with Gasteiger partial charge in [0.2, 0.25) is 0 Å². The average molecular weight is 234 g/mol. The molecule has 0 amide bonds. The molecule has 0 aliphatic rings. The Bertz CT molecular complexity index is 180. The molecular weight excluding hydrogens is 208 g/mol. The number of rotatable bonds is 8. The van der Waals surface area contributed by atoms with Crippen molar-refractivity contribution in [1.29, 1.82) is 0 Å². The Labute approximate surface area is 97.0 Å². The summed E-state index contributed by atoms with van der Waals surface area (Å²) in [6.07, 6.45) is -0.184. The summed E-state index contributed by atoms with van der Waals surface area (Å²) >= 11 is 0. The number of aliphatic hydroxyl groups excluding tert-OH is 2. The Balaban J connectivity index is 4.60. The van der Waals surface area contributed by atoms with E-state index >= 15 is 0 Å². The fourth-order valence-corrected chi connectivity index (χ4v) is 1.84. The molecule has 0 saturated heterocycles. The highest BCUT2D eigenvalue weighted by Crippen LogP contribution is 2.21. The van der Waals surface area contributed by atoms with Crippen molar-refractivity contribution in [2.24, 2.45) is 22.9 Å². The molecule has 0 radical (unpaired) electrons. The number of hydrogen-bond donors (Lipinski definition) is 6. The molecule has 98 valence electrons. The zero-order valence-electron chi connectivity index (χ0n) is 9.97. The lowest BCUT2D eigenvalue weighted by atomic mass is 9.80. The van der Waals surface area contributed by atoms with Crippen LogP contribution < -0.4 is 22.9 Å². The lowest BCUT2D eigenvalue weighted by molar-refractivity contribution is 0.0824. The Morgan fingerprint density at radius 1 is 1.06 bits per heavy atom. The summed E-state index contributed by atoms with van der Waals surface area (Å²) in [5.74, 6) is 0. The summed E-state index contributed by atoms with van der Waals surface area (Å²) in [6, 6.07) is -0.296. The molecular formula is C10H26N4O2. The summed E-state index contributed by atoms with van der Waals surface area (Å²) in [5.41, 5.74) is 22.0. The van der Waals surface area contributed by atoms with Crippen LogP contribution in [-0.2, 0) is 0 Å². The van der Waals surface area contributed by atoms with Crippen LogP contribution in [0.5, 0.6) is 0 Å². The van der Waals surface area contributed by atoms with Crippen molar-refractivity contribution in [2.75, 3.05) is 13.1 Å². The summed E-state index contributed by atoms with van der Waals surface area (Å²) in [4.78, 5) is 0. The fourth-order valence-electron chi connectivity index (χ4n) is 1.84. The number of nitrogens with two attached hydrogens (primary N) is 4. The minimum Gasteiger partial charge on any atom is -0.392 e. The van der Waals surface area contributed by atoms with Crippen molar-refractivity contribution in [3.05, 3.63) is 0 Å². The highest BCUT2D eigenvalue weighted by atomic mass is 16.3. The van der Waals surface area contributed by atoms with Gasteiger partial charge in [0.05, 0.1) is 12.2 Å². The normalized spacial score (nSPS) is 21.2. The van der Waals surface area contributed by atoms with Crippen molar-refractivity contribution in [3.63, 3.8) is 0 Å². The van der Waals surface area contributed by atoms with Crippen LogP contribution in [0.3, 0.4) is 0 Å². The first-order valence-corrected chi connectivity index (χ1v) is 5.70. The van der Waals surface area contributed by atoms with Gasteiger partial charge in [0.15, 0.2) is 0 Å². The van der Waals surface area contributed by atoms with E-state index in [1.54, 1.807) is 0 Å². The van der Waals surface area contributed by atoms with Crippen LogP contribution in [0.4, 0.5) is 0 Å². The lowest BCUT2D eigenvalue weighted by Gasteiger charge is -2.37. The lowest BCUT2D eigenvalue weighted by Crippen LogP contribution is -2.59. The van der Waals surface area contributed by atoms with E-state index in [1.165, 1.54) is 0 Å². The van der Waals surface area contributed by atoms with Crippen molar-refractivity contribution >= 4 is 0 Å². The molecule has 0 bridgehead atoms. The van der Waals surface area contributed by atoms with Crippen molar-refractivity contribution < 1.29 is 10.2 Å². The van der Waals surface area contributed by atoms with Gasteiger partial charge in [-0.25, -0.2) is 0 Å². The van der Waals surface area contributed by atoms with Crippen molar-refractivity contribution in [1.82, 2.24) is 0 Å². The standard InChI is InChI=1S/C10H26N4O2/c1-2-9(13)10(14,3-7(15)5-11)4-8(16)6-12/h7-9,15-16H,2-6,11-14H2,1H3. The predicted molar refractivity (Wildman–Crippen MR) is 64.5 cm³/mol. The largest absolute Gasteiger partial charge is 0.392 e. The molecule has 0 aliphatic heterocycles. The maximum atomic E-state index is 9.55. The molecule has 0 fully saturated rings. The van der Waals surface area contributed by atoms with Crippen LogP contribution in [0, 0.1) is 0 Å². The first-order valence-electron chi connectivity index (χ1n) is 5.70. The molecule has 0 aromatic carbocycles. The molecule has 16 heavy (non-hydrogen) atoms. The van der Waals surface area contributed by atoms with Gasteiger partial charge in [0, 0.05) is 24.7 Å². The van der Waals surface area contributed by atoms with Crippen LogP contribution >= 0.6 is 0 Å². The third kappa shape index (κ3) is 4.73. The Morgan fingerprint density at radius 2 is 1.44 bits per heavy atom. The summed E-state index contributed by atoms with van der Waals surface area (Å²) in [5, 5.41) is 19.1. The number of hydrogen-bond acceptors (Lipinski definition) is 6. The van der Waals surface area contributed by atoms with Crippen LogP contribution in [-0.4, -0.2) is 47.1 Å². The first-order chi connectivity index (χ1) is 7.39. The molecule has 0 saturated carbocycles. The smallest absolute Gasteiger partial charge is 0.0680 e. The van der Waals surface area contributed by atoms with Gasteiger partial charge in [-0.3, -0.25) is 0 Å². The summed E-state index contributed by atoms with van der Waals surface area (Å²) in [7, 11) is 0. The SMILES string of the molecule is CCC(N)C(N)(CC(O)CN)CC(O)CN. The van der Waals surface area contributed by atoms with Gasteiger partial charge in [0.1, 0.15) is 0 Å². The molecule has 0 aromatic heterocycles. The third-order valence-corrected chi connectivity index (χ3v) is 2.95. The molecule has 0 aromatic rings. The van der Waals surface area contributed by atoms with Gasteiger partial charge in [-0.15, -0.1) is 0 Å². The van der Waals surface area contributed by atoms with Crippen LogP contribution in [0.1, 0.15) is 26.2 Å². The van der Waals surface area contributed by atoms with Gasteiger partial charge >= 0.3 is 0 Å². The Hall–Kier alpha value is -0.240. The molecule has 3 unspecified atom stereocenters. The van der Waals surface area contributed by atoms with Gasteiger partial charge in [-0.05, 0) is 19.3 Å². The molecule has 0 rings (SSSR count). The van der Waals surface area contributed by atoms with E-state index in [4.69, 9.17) is 22.9 Å². The van der Waals surface area contributed by atoms with E-state index < -0.39 is 17.7 Å². The second-order valence-corrected chi connectivity index (χ2v) is 4.44. The maximum Gasteiger partial charge on any atom is 0.0680 e. The topological polar surface area (TPSA) is 145 Å². The van der Waals surface area contributed by atoms with Crippen LogP contribution in [0.25, 0.3) is 0 Å². The third-order valence-electron chi connectivity index (χ3n) is 2.95. The van der Waals surface area contributed by atoms with Gasteiger partial charge in [-0.2, -0.15) is 0 Å². The minimum absolute atomic E-state index is 0.133. The van der Waals surface area contributed by atoms with Crippen molar-refractivity contribution in [3.8, 4) is 0 Å². The molecule has 0 heterocycles. The van der Waals surface area contributed by atoms with E-state index in [1.807, 2.05) is 6.92 Å². The Morgan fingerprint density at radius 3 is 1.69 bits per heavy atom. The molecule has 6 nitrogen and oxygen atoms in total. The van der Waals surface area contributed by atoms with Crippen molar-refractivity contribution in [2.45, 2.75) is 50.0 Å².